The van der Waals surface area contributed by atoms with E-state index in [0.29, 0.717) is 5.69 Å². The van der Waals surface area contributed by atoms with E-state index in [9.17, 15) is 9.59 Å². The van der Waals surface area contributed by atoms with Crippen LogP contribution >= 0.6 is 0 Å². The van der Waals surface area contributed by atoms with E-state index in [0.717, 1.165) is 0 Å². The highest BCUT2D eigenvalue weighted by atomic mass is 16.2. The van der Waals surface area contributed by atoms with Crippen LogP contribution in [0.25, 0.3) is 0 Å². The molecule has 0 saturated heterocycles. The van der Waals surface area contributed by atoms with Crippen molar-refractivity contribution in [1.29, 1.82) is 0 Å². The Morgan fingerprint density at radius 1 is 1.44 bits per heavy atom. The fraction of sp³-hybridized carbons (Fsp3) is 0.455. The maximum absolute atomic E-state index is 11.6. The Bertz CT molecular complexity index is 437. The molecule has 16 heavy (non-hydrogen) atoms. The number of hydrogen-bond acceptors (Lipinski definition) is 3. The molecule has 0 saturated carbocycles. The summed E-state index contributed by atoms with van der Waals surface area (Å²) >= 11 is 0. The molecule has 1 amide bonds. The van der Waals surface area contributed by atoms with Crippen LogP contribution < -0.4 is 16.6 Å². The Hall–Kier alpha value is -1.62. The number of carbonyl (C=O) groups excluding carboxylic acids is 1. The van der Waals surface area contributed by atoms with Crippen molar-refractivity contribution in [3.63, 3.8) is 0 Å². The number of hydrogen-bond donors (Lipinski definition) is 2. The second-order valence-electron chi connectivity index (χ2n) is 4.13. The summed E-state index contributed by atoms with van der Waals surface area (Å²) in [6.45, 7) is 3.76. The van der Waals surface area contributed by atoms with Gasteiger partial charge in [-0.1, -0.05) is 13.8 Å². The molecule has 1 aromatic rings. The molecule has 1 rings (SSSR count). The van der Waals surface area contributed by atoms with Gasteiger partial charge in [-0.3, -0.25) is 9.59 Å². The minimum absolute atomic E-state index is 0.0764. The van der Waals surface area contributed by atoms with Crippen molar-refractivity contribution in [1.82, 2.24) is 4.57 Å². The highest BCUT2D eigenvalue weighted by molar-refractivity contribution is 5.94. The Balaban J connectivity index is 2.77. The lowest BCUT2D eigenvalue weighted by molar-refractivity contribution is -0.118. The third-order valence-corrected chi connectivity index (χ3v) is 2.37. The minimum atomic E-state index is -0.544. The number of amides is 1. The monoisotopic (exact) mass is 223 g/mol. The number of nitrogens with one attached hydrogen (secondary N) is 1. The highest BCUT2D eigenvalue weighted by Gasteiger charge is 2.17. The fourth-order valence-electron chi connectivity index (χ4n) is 1.20. The number of carbonyl (C=O) groups is 1. The Morgan fingerprint density at radius 2 is 2.06 bits per heavy atom. The number of aryl methyl sites for hydroxylation is 1. The van der Waals surface area contributed by atoms with Crippen molar-refractivity contribution in [3.05, 3.63) is 28.7 Å². The number of nitrogens with zero attached hydrogens (tertiary/aromatic N) is 1. The number of aromatic nitrogens is 1. The highest BCUT2D eigenvalue weighted by Crippen LogP contribution is 2.05. The lowest BCUT2D eigenvalue weighted by Crippen LogP contribution is -2.39. The first-order valence-electron chi connectivity index (χ1n) is 5.15. The lowest BCUT2D eigenvalue weighted by atomic mass is 10.1. The Labute approximate surface area is 94.3 Å². The predicted molar refractivity (Wildman–Crippen MR) is 63.1 cm³/mol. The maximum Gasteiger partial charge on any atom is 0.250 e. The molecule has 0 aliphatic heterocycles. The zero-order valence-corrected chi connectivity index (χ0v) is 9.73. The average Bonchev–Trinajstić information content (AvgIpc) is 2.22. The predicted octanol–water partition coefficient (Wildman–Crippen LogP) is 0.307. The van der Waals surface area contributed by atoms with Gasteiger partial charge in [-0.2, -0.15) is 0 Å². The molecule has 3 N–H and O–H groups in total. The van der Waals surface area contributed by atoms with Crippen LogP contribution in [0.4, 0.5) is 5.69 Å². The summed E-state index contributed by atoms with van der Waals surface area (Å²) in [5.74, 6) is -0.166. The van der Waals surface area contributed by atoms with Gasteiger partial charge in [0.15, 0.2) is 0 Å². The summed E-state index contributed by atoms with van der Waals surface area (Å²) in [5.41, 5.74) is 6.15. The van der Waals surface area contributed by atoms with Gasteiger partial charge in [0.2, 0.25) is 11.5 Å². The SMILES string of the molecule is CC(C)[C@@H](N)C(=O)Nc1ccc(=O)n(C)c1. The first kappa shape index (κ1) is 12.4. The van der Waals surface area contributed by atoms with Crippen LogP contribution in [0.5, 0.6) is 0 Å². The molecule has 0 aliphatic rings. The molecule has 0 aliphatic carbocycles. The maximum atomic E-state index is 11.6. The van der Waals surface area contributed by atoms with E-state index in [4.69, 9.17) is 5.73 Å². The molecule has 0 radical (unpaired) electrons. The van der Waals surface area contributed by atoms with Crippen molar-refractivity contribution >= 4 is 11.6 Å². The fourth-order valence-corrected chi connectivity index (χ4v) is 1.20. The molecule has 0 bridgehead atoms. The molecule has 0 spiro atoms. The molecule has 0 unspecified atom stereocenters. The summed E-state index contributed by atoms with van der Waals surface area (Å²) in [6, 6.07) is 2.42. The van der Waals surface area contributed by atoms with E-state index in [-0.39, 0.29) is 17.4 Å². The number of anilines is 1. The van der Waals surface area contributed by atoms with Crippen LogP contribution in [-0.4, -0.2) is 16.5 Å². The van der Waals surface area contributed by atoms with Crippen LogP contribution in [0, 0.1) is 5.92 Å². The van der Waals surface area contributed by atoms with E-state index < -0.39 is 6.04 Å². The molecule has 5 nitrogen and oxygen atoms in total. The third kappa shape index (κ3) is 2.93. The summed E-state index contributed by atoms with van der Waals surface area (Å²) < 4.78 is 1.40. The van der Waals surface area contributed by atoms with Gasteiger partial charge in [-0.25, -0.2) is 0 Å². The van der Waals surface area contributed by atoms with Crippen LogP contribution in [0.2, 0.25) is 0 Å². The zero-order valence-electron chi connectivity index (χ0n) is 9.73. The molecule has 88 valence electrons. The van der Waals surface area contributed by atoms with E-state index in [1.54, 1.807) is 19.3 Å². The van der Waals surface area contributed by atoms with Gasteiger partial charge in [0.05, 0.1) is 11.7 Å². The van der Waals surface area contributed by atoms with Crippen LogP contribution in [0.1, 0.15) is 13.8 Å². The number of pyridine rings is 1. The lowest BCUT2D eigenvalue weighted by Gasteiger charge is -2.15. The van der Waals surface area contributed by atoms with Crippen molar-refractivity contribution in [2.75, 3.05) is 5.32 Å². The summed E-state index contributed by atoms with van der Waals surface area (Å²) in [7, 11) is 1.63. The van der Waals surface area contributed by atoms with E-state index in [1.807, 2.05) is 13.8 Å². The number of rotatable bonds is 3. The quantitative estimate of drug-likeness (QED) is 0.774. The molecule has 5 heteroatoms. The van der Waals surface area contributed by atoms with Gasteiger partial charge < -0.3 is 15.6 Å². The molecule has 1 atom stereocenters. The normalized spacial score (nSPS) is 12.6. The Morgan fingerprint density at radius 3 is 2.56 bits per heavy atom. The first-order valence-corrected chi connectivity index (χ1v) is 5.15. The van der Waals surface area contributed by atoms with Crippen LogP contribution in [0.3, 0.4) is 0 Å². The number of nitrogens with two attached hydrogens (primary N) is 1. The minimum Gasteiger partial charge on any atom is -0.323 e. The van der Waals surface area contributed by atoms with Gasteiger partial charge in [-0.15, -0.1) is 0 Å². The van der Waals surface area contributed by atoms with Gasteiger partial charge in [-0.05, 0) is 12.0 Å². The Kier molecular flexibility index (Phi) is 3.84. The first-order chi connectivity index (χ1) is 7.41. The molecule has 0 fully saturated rings. The van der Waals surface area contributed by atoms with Crippen molar-refractivity contribution < 1.29 is 4.79 Å². The topological polar surface area (TPSA) is 77.1 Å². The van der Waals surface area contributed by atoms with Crippen molar-refractivity contribution in [3.8, 4) is 0 Å². The van der Waals surface area contributed by atoms with Gasteiger partial charge >= 0.3 is 0 Å². The van der Waals surface area contributed by atoms with Crippen molar-refractivity contribution in [2.45, 2.75) is 19.9 Å². The molecular weight excluding hydrogens is 206 g/mol. The molecule has 0 aromatic carbocycles. The van der Waals surface area contributed by atoms with Gasteiger partial charge in [0, 0.05) is 19.3 Å². The van der Waals surface area contributed by atoms with E-state index in [1.165, 1.54) is 10.6 Å². The van der Waals surface area contributed by atoms with Crippen LogP contribution in [-0.2, 0) is 11.8 Å². The van der Waals surface area contributed by atoms with E-state index in [2.05, 4.69) is 5.32 Å². The second-order valence-corrected chi connectivity index (χ2v) is 4.13. The smallest absolute Gasteiger partial charge is 0.250 e. The second kappa shape index (κ2) is 4.94. The molecule has 1 heterocycles. The third-order valence-electron chi connectivity index (χ3n) is 2.37. The summed E-state index contributed by atoms with van der Waals surface area (Å²) in [5, 5.41) is 2.67. The molecular formula is C11H17N3O2. The largest absolute Gasteiger partial charge is 0.323 e. The van der Waals surface area contributed by atoms with E-state index >= 15 is 0 Å². The van der Waals surface area contributed by atoms with Crippen LogP contribution in [0.15, 0.2) is 23.1 Å². The summed E-state index contributed by atoms with van der Waals surface area (Å²) in [4.78, 5) is 22.8. The van der Waals surface area contributed by atoms with Gasteiger partial charge in [0.1, 0.15) is 0 Å². The molecule has 1 aromatic heterocycles. The van der Waals surface area contributed by atoms with Gasteiger partial charge in [0.25, 0.3) is 0 Å². The van der Waals surface area contributed by atoms with Crippen molar-refractivity contribution in [2.24, 2.45) is 18.7 Å². The summed E-state index contributed by atoms with van der Waals surface area (Å²) in [6.07, 6.45) is 1.56. The average molecular weight is 223 g/mol. The standard InChI is InChI=1S/C11H17N3O2/c1-7(2)10(12)11(16)13-8-4-5-9(15)14(3)6-8/h4-7,10H,12H2,1-3H3,(H,13,16)/t10-/m1/s1. The zero-order chi connectivity index (χ0) is 12.3.